The van der Waals surface area contributed by atoms with Gasteiger partial charge in [0, 0.05) is 58.5 Å². The molecule has 1 saturated carbocycles. The molecular weight excluding hydrogens is 887 g/mol. The molecule has 3 saturated heterocycles. The highest BCUT2D eigenvalue weighted by Gasteiger charge is 2.53. The quantitative estimate of drug-likeness (QED) is 0.193. The second-order valence-corrected chi connectivity index (χ2v) is 21.3. The van der Waals surface area contributed by atoms with E-state index in [1.165, 1.54) is 12.0 Å². The number of amides is 1. The normalized spacial score (nSPS) is 40.4. The number of hydrogen-bond donors (Lipinski definition) is 2. The number of esters is 1. The van der Waals surface area contributed by atoms with Gasteiger partial charge in [0.05, 0.1) is 43.7 Å². The average molecular weight is 972 g/mol. The van der Waals surface area contributed by atoms with Crippen LogP contribution in [-0.2, 0) is 57.1 Å². The highest BCUT2D eigenvalue weighted by Crippen LogP contribution is 2.38. The van der Waals surface area contributed by atoms with Gasteiger partial charge in [-0.3, -0.25) is 19.2 Å². The van der Waals surface area contributed by atoms with Crippen LogP contribution in [0.25, 0.3) is 0 Å². The summed E-state index contributed by atoms with van der Waals surface area (Å²) in [7, 11) is 4.69. The summed E-state index contributed by atoms with van der Waals surface area (Å²) < 4.78 is 41.6. The van der Waals surface area contributed by atoms with Crippen molar-refractivity contribution in [2.24, 2.45) is 41.4 Å². The zero-order chi connectivity index (χ0) is 50.6. The molecule has 5 rings (SSSR count). The van der Waals surface area contributed by atoms with Gasteiger partial charge in [0.2, 0.25) is 5.79 Å². The minimum absolute atomic E-state index is 0.0356. The molecule has 0 radical (unpaired) electrons. The number of ether oxygens (including phenoxy) is 7. The molecule has 15 heteroatoms. The molecule has 0 aromatic rings. The maximum atomic E-state index is 14.5. The molecular formula is C54H85NO14. The molecule has 390 valence electrons. The first kappa shape index (κ1) is 56.8. The summed E-state index contributed by atoms with van der Waals surface area (Å²) >= 11 is 0. The highest BCUT2D eigenvalue weighted by molar-refractivity contribution is 6.39. The third-order valence-corrected chi connectivity index (χ3v) is 15.8. The van der Waals surface area contributed by atoms with Gasteiger partial charge >= 0.3 is 5.97 Å². The summed E-state index contributed by atoms with van der Waals surface area (Å²) in [4.78, 5) is 72.4. The van der Waals surface area contributed by atoms with E-state index in [0.29, 0.717) is 58.2 Å². The third-order valence-electron chi connectivity index (χ3n) is 15.8. The zero-order valence-corrected chi connectivity index (χ0v) is 43.2. The van der Waals surface area contributed by atoms with Gasteiger partial charge in [-0.05, 0) is 107 Å². The van der Waals surface area contributed by atoms with Crippen LogP contribution in [0.1, 0.15) is 132 Å². The van der Waals surface area contributed by atoms with Gasteiger partial charge < -0.3 is 48.3 Å². The predicted molar refractivity (Wildman–Crippen MR) is 259 cm³/mol. The number of carbonyl (C=O) groups is 5. The lowest BCUT2D eigenvalue weighted by Gasteiger charge is -2.43. The number of allylic oxidation sites excluding steroid dienone is 5. The maximum absolute atomic E-state index is 14.5. The first-order chi connectivity index (χ1) is 32.8. The van der Waals surface area contributed by atoms with E-state index < -0.39 is 83.7 Å². The van der Waals surface area contributed by atoms with Crippen molar-refractivity contribution in [1.82, 2.24) is 4.90 Å². The van der Waals surface area contributed by atoms with Gasteiger partial charge in [-0.1, -0.05) is 71.9 Å². The fourth-order valence-electron chi connectivity index (χ4n) is 11.1. The zero-order valence-electron chi connectivity index (χ0n) is 43.2. The molecule has 16 atom stereocenters. The lowest BCUT2D eigenvalue weighted by atomic mass is 9.78. The average Bonchev–Trinajstić information content (AvgIpc) is 3.31. The Morgan fingerprint density at radius 3 is 2.23 bits per heavy atom. The second-order valence-electron chi connectivity index (χ2n) is 21.3. The van der Waals surface area contributed by atoms with E-state index >= 15 is 0 Å². The van der Waals surface area contributed by atoms with E-state index in [1.54, 1.807) is 35.0 Å². The summed E-state index contributed by atoms with van der Waals surface area (Å²) in [6, 6.07) is -1.12. The topological polar surface area (TPSA) is 194 Å². The number of rotatable bonds is 8. The van der Waals surface area contributed by atoms with Crippen LogP contribution >= 0.6 is 0 Å². The predicted octanol–water partition coefficient (Wildman–Crippen LogP) is 6.68. The van der Waals surface area contributed by atoms with E-state index in [-0.39, 0.29) is 73.4 Å². The number of carbonyl (C=O) groups excluding carboxylic acids is 5. The summed E-state index contributed by atoms with van der Waals surface area (Å²) in [6.45, 7) is 14.3. The number of piperidine rings is 1. The molecule has 69 heavy (non-hydrogen) atoms. The fourth-order valence-corrected chi connectivity index (χ4v) is 11.1. The number of hydrogen-bond acceptors (Lipinski definition) is 14. The minimum atomic E-state index is -2.42. The van der Waals surface area contributed by atoms with Gasteiger partial charge in [-0.25, -0.2) is 4.79 Å². The smallest absolute Gasteiger partial charge is 0.329 e. The number of cyclic esters (lactones) is 1. The van der Waals surface area contributed by atoms with Crippen LogP contribution in [-0.4, -0.2) is 146 Å². The molecule has 1 aliphatic carbocycles. The third kappa shape index (κ3) is 15.0. The lowest BCUT2D eigenvalue weighted by Crippen LogP contribution is -2.61. The first-order valence-corrected chi connectivity index (χ1v) is 25.8. The molecule has 4 fully saturated rings. The second kappa shape index (κ2) is 26.5. The van der Waals surface area contributed by atoms with Crippen LogP contribution in [0.3, 0.4) is 0 Å². The van der Waals surface area contributed by atoms with E-state index in [1.807, 2.05) is 58.1 Å². The van der Waals surface area contributed by atoms with Crippen molar-refractivity contribution in [2.75, 3.05) is 41.1 Å². The summed E-state index contributed by atoms with van der Waals surface area (Å²) in [5, 5.41) is 23.6. The SMILES string of the molecule is COC1CC(C[C@H](C)[C@@H]2CC(=O)[C@H](C)CC(C)C(O)[C@@H](OC)C(=O)[C@H](C)C[C@H](C)/C=C/C=C/C=C(\C)[C@@H](OC)C[C@@H]3CC[C@@H](C)[C@@](O)(O3)C(=O)C(=O)N3CCCC[C@H]3C(=O)O2)CCC1OC1COC1. The molecule has 0 aromatic carbocycles. The minimum Gasteiger partial charge on any atom is -0.460 e. The van der Waals surface area contributed by atoms with Gasteiger partial charge in [-0.2, -0.15) is 0 Å². The monoisotopic (exact) mass is 972 g/mol. The van der Waals surface area contributed by atoms with Crippen LogP contribution < -0.4 is 0 Å². The molecule has 2 bridgehead atoms. The van der Waals surface area contributed by atoms with Crippen LogP contribution in [0.5, 0.6) is 0 Å². The molecule has 15 nitrogen and oxygen atoms in total. The maximum Gasteiger partial charge on any atom is 0.329 e. The largest absolute Gasteiger partial charge is 0.460 e. The Hall–Kier alpha value is -3.15. The highest BCUT2D eigenvalue weighted by atomic mass is 16.6. The van der Waals surface area contributed by atoms with Crippen molar-refractivity contribution < 1.29 is 67.3 Å². The molecule has 0 aromatic heterocycles. The van der Waals surface area contributed by atoms with Crippen molar-refractivity contribution in [1.29, 1.82) is 0 Å². The number of methoxy groups -OCH3 is 3. The Morgan fingerprint density at radius 2 is 1.57 bits per heavy atom. The van der Waals surface area contributed by atoms with Crippen molar-refractivity contribution in [3.05, 3.63) is 36.0 Å². The van der Waals surface area contributed by atoms with Gasteiger partial charge in [-0.15, -0.1) is 0 Å². The molecule has 2 N–H and O–H groups in total. The van der Waals surface area contributed by atoms with Crippen LogP contribution in [0.2, 0.25) is 0 Å². The van der Waals surface area contributed by atoms with Crippen molar-refractivity contribution in [2.45, 2.75) is 193 Å². The van der Waals surface area contributed by atoms with Crippen LogP contribution in [0.15, 0.2) is 36.0 Å². The number of aliphatic hydroxyl groups is 2. The number of fused-ring (bicyclic) bond motifs is 3. The lowest BCUT2D eigenvalue weighted by molar-refractivity contribution is -0.265. The van der Waals surface area contributed by atoms with Gasteiger partial charge in [0.15, 0.2) is 5.78 Å². The van der Waals surface area contributed by atoms with E-state index in [0.717, 1.165) is 24.8 Å². The fraction of sp³-hybridized carbons (Fsp3) is 0.796. The van der Waals surface area contributed by atoms with Crippen molar-refractivity contribution in [3.63, 3.8) is 0 Å². The van der Waals surface area contributed by atoms with Gasteiger partial charge in [0.1, 0.15) is 30.1 Å². The van der Waals surface area contributed by atoms with E-state index in [4.69, 9.17) is 33.2 Å². The number of Topliss-reactive ketones (excluding diaryl/α,β-unsaturated/α-hetero) is 3. The Labute approximate surface area is 411 Å². The Morgan fingerprint density at radius 1 is 0.826 bits per heavy atom. The summed E-state index contributed by atoms with van der Waals surface area (Å²) in [5.41, 5.74) is 0.889. The Kier molecular flexibility index (Phi) is 21.8. The number of ketones is 3. The van der Waals surface area contributed by atoms with Crippen molar-refractivity contribution in [3.8, 4) is 0 Å². The van der Waals surface area contributed by atoms with Crippen LogP contribution in [0, 0.1) is 41.4 Å². The summed E-state index contributed by atoms with van der Waals surface area (Å²) in [6.07, 6.45) is 11.7. The molecule has 4 heterocycles. The summed E-state index contributed by atoms with van der Waals surface area (Å²) in [5.74, 6) is -7.89. The molecule has 5 unspecified atom stereocenters. The Balaban J connectivity index is 1.43. The first-order valence-electron chi connectivity index (χ1n) is 25.8. The molecule has 0 spiro atoms. The molecule has 4 aliphatic heterocycles. The Bertz CT molecular complexity index is 1810. The van der Waals surface area contributed by atoms with Gasteiger partial charge in [0.25, 0.3) is 11.7 Å². The van der Waals surface area contributed by atoms with Crippen molar-refractivity contribution >= 4 is 29.2 Å². The molecule has 1 amide bonds. The number of aliphatic hydroxyl groups excluding tert-OH is 1. The number of nitrogens with zero attached hydrogens (tertiary/aromatic N) is 1. The van der Waals surface area contributed by atoms with E-state index in [2.05, 4.69) is 0 Å². The standard InChI is InChI=1S/C54H85NO14/c1-32-16-12-11-13-17-33(2)45(63-8)28-40-21-19-38(7)54(62,69-40)51(59)52(60)55-23-15-14-18-42(55)53(61)68-46(35(4)26-39-20-22-44(47(27-39)64-9)67-41-30-66-31-41)29-43(56)34(3)25-37(6)49(58)50(65-10)48(57)36(5)24-32/h11-13,16-17,32,34-42,44-47,49-50,58,62H,14-15,18-31H2,1-10H3/b13-11+,16-12+,33-17+/t32-,34-,35+,36-,37?,38-,39?,40+,42+,44?,45+,46+,47?,49?,50+,54-/m1/s1. The van der Waals surface area contributed by atoms with E-state index in [9.17, 15) is 34.2 Å². The van der Waals surface area contributed by atoms with Crippen LogP contribution in [0.4, 0.5) is 0 Å². The molecule has 5 aliphatic rings.